The van der Waals surface area contributed by atoms with E-state index in [9.17, 15) is 9.90 Å². The summed E-state index contributed by atoms with van der Waals surface area (Å²) in [7, 11) is 0. The smallest absolute Gasteiger partial charge is 0.223 e. The first-order valence-corrected chi connectivity index (χ1v) is 8.70. The van der Waals surface area contributed by atoms with E-state index in [2.05, 4.69) is 11.8 Å². The van der Waals surface area contributed by atoms with Crippen LogP contribution < -0.4 is 0 Å². The van der Waals surface area contributed by atoms with Crippen molar-refractivity contribution in [3.63, 3.8) is 0 Å². The molecule has 0 spiro atoms. The molecular formula is C15H23ClN2O2S. The van der Waals surface area contributed by atoms with Crippen molar-refractivity contribution in [1.29, 1.82) is 0 Å². The van der Waals surface area contributed by atoms with Gasteiger partial charge in [-0.25, -0.2) is 0 Å². The number of carbonyl (C=O) groups excluding carboxylic acids is 1. The Morgan fingerprint density at radius 2 is 2.10 bits per heavy atom. The zero-order valence-corrected chi connectivity index (χ0v) is 14.0. The molecule has 1 aliphatic rings. The summed E-state index contributed by atoms with van der Waals surface area (Å²) in [5, 5.41) is 9.33. The number of halogens is 1. The summed E-state index contributed by atoms with van der Waals surface area (Å²) in [6.45, 7) is 5.53. The predicted octanol–water partition coefficient (Wildman–Crippen LogP) is 2.25. The van der Waals surface area contributed by atoms with Crippen molar-refractivity contribution in [2.45, 2.75) is 32.2 Å². The van der Waals surface area contributed by atoms with Gasteiger partial charge in [0.1, 0.15) is 0 Å². The Hall–Kier alpha value is -0.620. The molecular weight excluding hydrogens is 308 g/mol. The largest absolute Gasteiger partial charge is 0.395 e. The molecule has 0 radical (unpaired) electrons. The monoisotopic (exact) mass is 330 g/mol. The minimum absolute atomic E-state index is 0.198. The summed E-state index contributed by atoms with van der Waals surface area (Å²) in [6, 6.07) is 4.10. The van der Waals surface area contributed by atoms with Gasteiger partial charge in [-0.05, 0) is 25.0 Å². The molecule has 1 aromatic heterocycles. The van der Waals surface area contributed by atoms with E-state index in [4.69, 9.17) is 11.6 Å². The average Bonchev–Trinajstić information content (AvgIpc) is 2.92. The Morgan fingerprint density at radius 1 is 1.38 bits per heavy atom. The van der Waals surface area contributed by atoms with Crippen molar-refractivity contribution in [2.75, 3.05) is 32.8 Å². The number of amides is 1. The van der Waals surface area contributed by atoms with E-state index in [1.54, 1.807) is 11.3 Å². The zero-order chi connectivity index (χ0) is 15.2. The summed E-state index contributed by atoms with van der Waals surface area (Å²) < 4.78 is 0.778. The standard InChI is InChI=1S/C15H23ClN2O2S/c1-2-12(11-19)17-7-9-18(10-8-17)15(20)6-4-13-3-5-14(16)21-13/h3,5,12,19H,2,4,6-11H2,1H3. The molecule has 118 valence electrons. The third kappa shape index (κ3) is 4.68. The number of hydrogen-bond donors (Lipinski definition) is 1. The van der Waals surface area contributed by atoms with E-state index in [0.29, 0.717) is 6.42 Å². The lowest BCUT2D eigenvalue weighted by Gasteiger charge is -2.38. The highest BCUT2D eigenvalue weighted by molar-refractivity contribution is 7.16. The number of carbonyl (C=O) groups is 1. The van der Waals surface area contributed by atoms with Gasteiger partial charge in [-0.2, -0.15) is 0 Å². The van der Waals surface area contributed by atoms with Crippen LogP contribution in [0.4, 0.5) is 0 Å². The van der Waals surface area contributed by atoms with Crippen molar-refractivity contribution < 1.29 is 9.90 Å². The van der Waals surface area contributed by atoms with Crippen LogP contribution in [0.5, 0.6) is 0 Å². The van der Waals surface area contributed by atoms with E-state index in [1.165, 1.54) is 4.88 Å². The van der Waals surface area contributed by atoms with Gasteiger partial charge in [0.25, 0.3) is 0 Å². The lowest BCUT2D eigenvalue weighted by atomic mass is 10.1. The van der Waals surface area contributed by atoms with Crippen LogP contribution >= 0.6 is 22.9 Å². The minimum atomic E-state index is 0.198. The maximum atomic E-state index is 12.2. The average molecular weight is 331 g/mol. The van der Waals surface area contributed by atoms with Gasteiger partial charge in [0.15, 0.2) is 0 Å². The second-order valence-corrected chi connectivity index (χ2v) is 7.17. The molecule has 2 rings (SSSR count). The number of aliphatic hydroxyl groups excluding tert-OH is 1. The van der Waals surface area contributed by atoms with Crippen molar-refractivity contribution >= 4 is 28.8 Å². The Morgan fingerprint density at radius 3 is 2.62 bits per heavy atom. The van der Waals surface area contributed by atoms with Gasteiger partial charge in [-0.1, -0.05) is 18.5 Å². The molecule has 1 unspecified atom stereocenters. The quantitative estimate of drug-likeness (QED) is 0.870. The van der Waals surface area contributed by atoms with E-state index < -0.39 is 0 Å². The Balaban J connectivity index is 1.75. The molecule has 0 saturated carbocycles. The third-order valence-corrected chi connectivity index (χ3v) is 5.37. The van der Waals surface area contributed by atoms with Gasteiger partial charge < -0.3 is 10.0 Å². The van der Waals surface area contributed by atoms with Crippen LogP contribution in [0.3, 0.4) is 0 Å². The second kappa shape index (κ2) is 8.13. The number of nitrogens with zero attached hydrogens (tertiary/aromatic N) is 2. The molecule has 1 N–H and O–H groups in total. The fourth-order valence-corrected chi connectivity index (χ4v) is 3.80. The molecule has 1 aromatic rings. The third-order valence-electron chi connectivity index (χ3n) is 4.08. The number of piperazine rings is 1. The SMILES string of the molecule is CCC(CO)N1CCN(C(=O)CCc2ccc(Cl)s2)CC1. The molecule has 4 nitrogen and oxygen atoms in total. The topological polar surface area (TPSA) is 43.8 Å². The molecule has 0 aromatic carbocycles. The number of aliphatic hydroxyl groups is 1. The van der Waals surface area contributed by atoms with Crippen molar-refractivity contribution in [1.82, 2.24) is 9.80 Å². The van der Waals surface area contributed by atoms with Gasteiger partial charge in [0, 0.05) is 43.5 Å². The number of rotatable bonds is 6. The first-order valence-electron chi connectivity index (χ1n) is 7.51. The van der Waals surface area contributed by atoms with Crippen LogP contribution in [0.2, 0.25) is 4.34 Å². The van der Waals surface area contributed by atoms with E-state index >= 15 is 0 Å². The maximum absolute atomic E-state index is 12.2. The molecule has 21 heavy (non-hydrogen) atoms. The molecule has 0 bridgehead atoms. The molecule has 1 aliphatic heterocycles. The second-order valence-electron chi connectivity index (χ2n) is 5.37. The Kier molecular flexibility index (Phi) is 6.48. The summed E-state index contributed by atoms with van der Waals surface area (Å²) >= 11 is 7.44. The molecule has 6 heteroatoms. The van der Waals surface area contributed by atoms with Crippen LogP contribution in [0, 0.1) is 0 Å². The maximum Gasteiger partial charge on any atom is 0.223 e. The molecule has 1 atom stereocenters. The summed E-state index contributed by atoms with van der Waals surface area (Å²) in [4.78, 5) is 17.6. The first kappa shape index (κ1) is 16.7. The van der Waals surface area contributed by atoms with Crippen molar-refractivity contribution in [3.05, 3.63) is 21.3 Å². The van der Waals surface area contributed by atoms with Crippen LogP contribution in [-0.2, 0) is 11.2 Å². The number of aryl methyl sites for hydroxylation is 1. The Bertz CT molecular complexity index is 454. The summed E-state index contributed by atoms with van der Waals surface area (Å²) in [5.74, 6) is 0.219. The lowest BCUT2D eigenvalue weighted by molar-refractivity contribution is -0.133. The molecule has 1 amide bonds. The molecule has 0 aliphatic carbocycles. The van der Waals surface area contributed by atoms with Crippen molar-refractivity contribution in [2.24, 2.45) is 0 Å². The van der Waals surface area contributed by atoms with Gasteiger partial charge in [0.05, 0.1) is 10.9 Å². The summed E-state index contributed by atoms with van der Waals surface area (Å²) in [5.41, 5.74) is 0. The van der Waals surface area contributed by atoms with Gasteiger partial charge in [-0.3, -0.25) is 9.69 Å². The van der Waals surface area contributed by atoms with Crippen LogP contribution in [0.15, 0.2) is 12.1 Å². The highest BCUT2D eigenvalue weighted by Crippen LogP contribution is 2.22. The van der Waals surface area contributed by atoms with Crippen molar-refractivity contribution in [3.8, 4) is 0 Å². The van der Waals surface area contributed by atoms with Gasteiger partial charge in [0.2, 0.25) is 5.91 Å². The van der Waals surface area contributed by atoms with Crippen LogP contribution in [-0.4, -0.2) is 59.6 Å². The van der Waals surface area contributed by atoms with Crippen LogP contribution in [0.1, 0.15) is 24.6 Å². The highest BCUT2D eigenvalue weighted by atomic mass is 35.5. The fourth-order valence-electron chi connectivity index (χ4n) is 2.71. The highest BCUT2D eigenvalue weighted by Gasteiger charge is 2.24. The first-order chi connectivity index (χ1) is 10.1. The zero-order valence-electron chi connectivity index (χ0n) is 12.4. The fraction of sp³-hybridized carbons (Fsp3) is 0.667. The predicted molar refractivity (Wildman–Crippen MR) is 87.0 cm³/mol. The minimum Gasteiger partial charge on any atom is -0.395 e. The molecule has 1 fully saturated rings. The normalized spacial score (nSPS) is 18.0. The molecule has 2 heterocycles. The number of thiophene rings is 1. The molecule has 1 saturated heterocycles. The van der Waals surface area contributed by atoms with Gasteiger partial charge >= 0.3 is 0 Å². The Labute approximate surface area is 135 Å². The lowest BCUT2D eigenvalue weighted by Crippen LogP contribution is -2.52. The van der Waals surface area contributed by atoms with E-state index in [0.717, 1.165) is 43.4 Å². The van der Waals surface area contributed by atoms with Gasteiger partial charge in [-0.15, -0.1) is 11.3 Å². The van der Waals surface area contributed by atoms with E-state index in [1.807, 2.05) is 17.0 Å². The van der Waals surface area contributed by atoms with E-state index in [-0.39, 0.29) is 18.6 Å². The number of hydrogen-bond acceptors (Lipinski definition) is 4. The van der Waals surface area contributed by atoms with Crippen LogP contribution in [0.25, 0.3) is 0 Å². The summed E-state index contributed by atoms with van der Waals surface area (Å²) in [6.07, 6.45) is 2.27.